The van der Waals surface area contributed by atoms with Crippen molar-refractivity contribution < 1.29 is 9.47 Å². The van der Waals surface area contributed by atoms with Crippen LogP contribution in [-0.4, -0.2) is 45.5 Å². The summed E-state index contributed by atoms with van der Waals surface area (Å²) >= 11 is 0. The van der Waals surface area contributed by atoms with E-state index < -0.39 is 0 Å². The molecule has 1 aromatic rings. The van der Waals surface area contributed by atoms with Crippen LogP contribution in [0.5, 0.6) is 0 Å². The normalized spacial score (nSPS) is 17.7. The number of guanidine groups is 1. The molecule has 0 radical (unpaired) electrons. The number of halogens is 1. The zero-order valence-corrected chi connectivity index (χ0v) is 16.3. The molecule has 0 saturated carbocycles. The molecule has 5 nitrogen and oxygen atoms in total. The van der Waals surface area contributed by atoms with Gasteiger partial charge in [0.15, 0.2) is 5.96 Å². The first-order valence-corrected chi connectivity index (χ1v) is 7.97. The van der Waals surface area contributed by atoms with Crippen molar-refractivity contribution in [3.8, 4) is 0 Å². The Bertz CT molecular complexity index is 459. The molecule has 2 N–H and O–H groups in total. The lowest BCUT2D eigenvalue weighted by atomic mass is 10.1. The van der Waals surface area contributed by atoms with Gasteiger partial charge in [-0.05, 0) is 25.3 Å². The number of nitrogens with zero attached hydrogens (tertiary/aromatic N) is 1. The van der Waals surface area contributed by atoms with E-state index in [-0.39, 0.29) is 24.0 Å². The van der Waals surface area contributed by atoms with Crippen LogP contribution in [0, 0.1) is 6.92 Å². The summed E-state index contributed by atoms with van der Waals surface area (Å²) in [5.74, 6) is 0.824. The van der Waals surface area contributed by atoms with Gasteiger partial charge in [0.2, 0.25) is 0 Å². The molecule has 130 valence electrons. The number of hydrogen-bond donors (Lipinski definition) is 2. The highest BCUT2D eigenvalue weighted by Gasteiger charge is 2.15. The quantitative estimate of drug-likeness (QED) is 0.300. The van der Waals surface area contributed by atoms with Crippen molar-refractivity contribution in [2.24, 2.45) is 4.99 Å². The topological polar surface area (TPSA) is 54.9 Å². The second-order valence-electron chi connectivity index (χ2n) is 5.55. The number of aryl methyl sites for hydroxylation is 1. The van der Waals surface area contributed by atoms with Crippen LogP contribution in [0.1, 0.15) is 24.0 Å². The average molecular weight is 433 g/mol. The van der Waals surface area contributed by atoms with E-state index in [4.69, 9.17) is 9.47 Å². The molecule has 1 aliphatic heterocycles. The highest BCUT2D eigenvalue weighted by Crippen LogP contribution is 2.07. The first-order valence-electron chi connectivity index (χ1n) is 7.97. The molecule has 1 heterocycles. The Balaban J connectivity index is 0.00000264. The third kappa shape index (κ3) is 7.99. The lowest BCUT2D eigenvalue weighted by Gasteiger charge is -2.13. The predicted molar refractivity (Wildman–Crippen MR) is 105 cm³/mol. The van der Waals surface area contributed by atoms with Gasteiger partial charge in [0.05, 0.1) is 12.7 Å². The number of hydrogen-bond acceptors (Lipinski definition) is 3. The molecule has 1 unspecified atom stereocenters. The van der Waals surface area contributed by atoms with Gasteiger partial charge in [-0.25, -0.2) is 0 Å². The smallest absolute Gasteiger partial charge is 0.191 e. The zero-order valence-electron chi connectivity index (χ0n) is 14.0. The van der Waals surface area contributed by atoms with Crippen LogP contribution in [-0.2, 0) is 16.0 Å². The fourth-order valence-electron chi connectivity index (χ4n) is 2.29. The Morgan fingerprint density at radius 2 is 2.09 bits per heavy atom. The molecule has 1 atom stereocenters. The molecule has 0 amide bonds. The Morgan fingerprint density at radius 1 is 1.30 bits per heavy atom. The molecule has 2 rings (SSSR count). The molecule has 1 aliphatic rings. The van der Waals surface area contributed by atoms with E-state index in [0.717, 1.165) is 51.7 Å². The van der Waals surface area contributed by atoms with Crippen LogP contribution >= 0.6 is 24.0 Å². The molecule has 1 fully saturated rings. The molecule has 1 aromatic carbocycles. The van der Waals surface area contributed by atoms with E-state index >= 15 is 0 Å². The summed E-state index contributed by atoms with van der Waals surface area (Å²) in [4.78, 5) is 4.23. The van der Waals surface area contributed by atoms with Gasteiger partial charge in [0.25, 0.3) is 0 Å². The van der Waals surface area contributed by atoms with Gasteiger partial charge in [-0.15, -0.1) is 24.0 Å². The summed E-state index contributed by atoms with van der Waals surface area (Å²) < 4.78 is 11.0. The number of ether oxygens (including phenoxy) is 2. The van der Waals surface area contributed by atoms with Crippen molar-refractivity contribution in [2.75, 3.05) is 33.4 Å². The van der Waals surface area contributed by atoms with Crippen molar-refractivity contribution >= 4 is 29.9 Å². The minimum atomic E-state index is 0. The third-order valence-electron chi connectivity index (χ3n) is 3.66. The summed E-state index contributed by atoms with van der Waals surface area (Å²) in [6, 6.07) is 8.51. The molecule has 0 aromatic heterocycles. The molecular weight excluding hydrogens is 405 g/mol. The van der Waals surface area contributed by atoms with Gasteiger partial charge in [-0.1, -0.05) is 29.8 Å². The molecule has 23 heavy (non-hydrogen) atoms. The molecule has 0 spiro atoms. The minimum Gasteiger partial charge on any atom is -0.379 e. The summed E-state index contributed by atoms with van der Waals surface area (Å²) in [5.41, 5.74) is 2.53. The van der Waals surface area contributed by atoms with Gasteiger partial charge < -0.3 is 20.1 Å². The molecule has 1 saturated heterocycles. The van der Waals surface area contributed by atoms with Crippen LogP contribution in [0.3, 0.4) is 0 Å². The second kappa shape index (κ2) is 11.6. The Hall–Kier alpha value is -0.860. The number of nitrogens with one attached hydrogen (secondary N) is 2. The Morgan fingerprint density at radius 3 is 2.74 bits per heavy atom. The maximum atomic E-state index is 5.73. The van der Waals surface area contributed by atoms with Crippen molar-refractivity contribution in [1.82, 2.24) is 10.6 Å². The average Bonchev–Trinajstić information content (AvgIpc) is 3.05. The van der Waals surface area contributed by atoms with Crippen molar-refractivity contribution in [3.63, 3.8) is 0 Å². The van der Waals surface area contributed by atoms with E-state index in [1.165, 1.54) is 11.1 Å². The van der Waals surface area contributed by atoms with Crippen LogP contribution in [0.15, 0.2) is 29.3 Å². The monoisotopic (exact) mass is 433 g/mol. The fraction of sp³-hybridized carbons (Fsp3) is 0.588. The first kappa shape index (κ1) is 20.2. The molecular formula is C17H28IN3O2. The summed E-state index contributed by atoms with van der Waals surface area (Å²) in [6.07, 6.45) is 2.27. The van der Waals surface area contributed by atoms with E-state index in [2.05, 4.69) is 46.8 Å². The van der Waals surface area contributed by atoms with Crippen LogP contribution in [0.25, 0.3) is 0 Å². The number of aliphatic imine (C=N–C) groups is 1. The van der Waals surface area contributed by atoms with Gasteiger partial charge >= 0.3 is 0 Å². The molecule has 0 aliphatic carbocycles. The van der Waals surface area contributed by atoms with E-state index in [1.807, 2.05) is 0 Å². The van der Waals surface area contributed by atoms with E-state index in [0.29, 0.717) is 6.10 Å². The third-order valence-corrected chi connectivity index (χ3v) is 3.66. The Kier molecular flexibility index (Phi) is 10.2. The summed E-state index contributed by atoms with van der Waals surface area (Å²) in [7, 11) is 1.79. The van der Waals surface area contributed by atoms with Crippen molar-refractivity contribution in [3.05, 3.63) is 35.4 Å². The molecule has 0 bridgehead atoms. The standard InChI is InChI=1S/C17H27N3O2.HI/c1-14-4-6-15(7-5-14)12-20-17(18-2)19-9-3-10-22-16-8-11-21-13-16;/h4-7,16H,3,8-13H2,1-2H3,(H2,18,19,20);1H. The number of benzene rings is 1. The second-order valence-corrected chi connectivity index (χ2v) is 5.55. The van der Waals surface area contributed by atoms with E-state index in [9.17, 15) is 0 Å². The SMILES string of the molecule is CN=C(NCCCOC1CCOC1)NCc1ccc(C)cc1.I. The largest absolute Gasteiger partial charge is 0.379 e. The van der Waals surface area contributed by atoms with E-state index in [1.54, 1.807) is 7.05 Å². The van der Waals surface area contributed by atoms with Crippen molar-refractivity contribution in [2.45, 2.75) is 32.4 Å². The first-order chi connectivity index (χ1) is 10.8. The highest BCUT2D eigenvalue weighted by atomic mass is 127. The predicted octanol–water partition coefficient (Wildman–Crippen LogP) is 2.47. The summed E-state index contributed by atoms with van der Waals surface area (Å²) in [5, 5.41) is 6.62. The summed E-state index contributed by atoms with van der Waals surface area (Å²) in [6.45, 7) is 6.05. The lowest BCUT2D eigenvalue weighted by molar-refractivity contribution is 0.0420. The Labute approximate surface area is 156 Å². The molecule has 6 heteroatoms. The van der Waals surface area contributed by atoms with Crippen LogP contribution in [0.4, 0.5) is 0 Å². The van der Waals surface area contributed by atoms with Gasteiger partial charge in [0.1, 0.15) is 0 Å². The van der Waals surface area contributed by atoms with Gasteiger partial charge in [0, 0.05) is 33.4 Å². The fourth-order valence-corrected chi connectivity index (χ4v) is 2.29. The van der Waals surface area contributed by atoms with Crippen molar-refractivity contribution in [1.29, 1.82) is 0 Å². The van der Waals surface area contributed by atoms with Gasteiger partial charge in [-0.2, -0.15) is 0 Å². The van der Waals surface area contributed by atoms with Crippen LogP contribution < -0.4 is 10.6 Å². The maximum Gasteiger partial charge on any atom is 0.191 e. The lowest BCUT2D eigenvalue weighted by Crippen LogP contribution is -2.37. The van der Waals surface area contributed by atoms with Crippen LogP contribution in [0.2, 0.25) is 0 Å². The zero-order chi connectivity index (χ0) is 15.6. The highest BCUT2D eigenvalue weighted by molar-refractivity contribution is 14.0. The number of rotatable bonds is 7. The maximum absolute atomic E-state index is 5.73. The minimum absolute atomic E-state index is 0. The van der Waals surface area contributed by atoms with Gasteiger partial charge in [-0.3, -0.25) is 4.99 Å².